The minimum Gasteiger partial charge on any atom is -0.507 e. The number of phenolic OH excluding ortho intramolecular Hbond substituents is 1. The van der Waals surface area contributed by atoms with Crippen LogP contribution in [0.2, 0.25) is 0 Å². The lowest BCUT2D eigenvalue weighted by Gasteiger charge is -2.38. The molecule has 0 amide bonds. The molecule has 0 heterocycles. The topological polar surface area (TPSA) is 98.3 Å². The van der Waals surface area contributed by atoms with Crippen molar-refractivity contribution in [3.05, 3.63) is 28.8 Å². The number of hydrogen-bond acceptors (Lipinski definition) is 4. The van der Waals surface area contributed by atoms with E-state index >= 15 is 0 Å². The summed E-state index contributed by atoms with van der Waals surface area (Å²) in [5.74, 6) is 0.713. The first-order valence-electron chi connectivity index (χ1n) is 9.32. The Kier molecular flexibility index (Phi) is 6.05. The van der Waals surface area contributed by atoms with Crippen molar-refractivity contribution < 1.29 is 5.11 Å². The number of benzene rings is 1. The third-order valence-electron chi connectivity index (χ3n) is 6.49. The van der Waals surface area contributed by atoms with Crippen LogP contribution < -0.4 is 17.2 Å². The highest BCUT2D eigenvalue weighted by Crippen LogP contribution is 2.43. The van der Waals surface area contributed by atoms with E-state index in [0.29, 0.717) is 11.1 Å². The van der Waals surface area contributed by atoms with Crippen LogP contribution in [0.3, 0.4) is 0 Å². The van der Waals surface area contributed by atoms with Crippen LogP contribution in [0.5, 0.6) is 5.75 Å². The van der Waals surface area contributed by atoms with Crippen LogP contribution in [0.25, 0.3) is 0 Å². The zero-order chi connectivity index (χ0) is 20.0. The number of aromatic hydroxyl groups is 1. The van der Waals surface area contributed by atoms with Gasteiger partial charge in [0, 0.05) is 27.7 Å². The predicted octanol–water partition coefficient (Wildman–Crippen LogP) is 3.88. The van der Waals surface area contributed by atoms with Crippen molar-refractivity contribution in [3.63, 3.8) is 0 Å². The van der Waals surface area contributed by atoms with Gasteiger partial charge in [-0.3, -0.25) is 0 Å². The standard InChI is InChI=1S/C21H39N3O/c1-12(2)19(7,22)15-10-16(20(8,23)13(3)4)18(25)17(11-15)21(9,24)14(5)6/h10-14,25H,22-24H2,1-9H3. The minimum absolute atomic E-state index is 0.146. The van der Waals surface area contributed by atoms with E-state index in [-0.39, 0.29) is 23.5 Å². The molecule has 0 spiro atoms. The Morgan fingerprint density at radius 3 is 1.20 bits per heavy atom. The van der Waals surface area contributed by atoms with Gasteiger partial charge in [0.2, 0.25) is 0 Å². The molecule has 1 aromatic carbocycles. The van der Waals surface area contributed by atoms with Gasteiger partial charge in [0.15, 0.2) is 0 Å². The largest absolute Gasteiger partial charge is 0.507 e. The van der Waals surface area contributed by atoms with Crippen molar-refractivity contribution in [2.45, 2.75) is 78.9 Å². The SMILES string of the molecule is CC(C)C(C)(N)c1cc(C(C)(N)C(C)C)c(O)c(C(C)(N)C(C)C)c1. The highest BCUT2D eigenvalue weighted by molar-refractivity contribution is 5.52. The molecule has 0 aliphatic heterocycles. The minimum atomic E-state index is -0.686. The van der Waals surface area contributed by atoms with E-state index in [9.17, 15) is 5.11 Å². The van der Waals surface area contributed by atoms with Crippen LogP contribution in [0.1, 0.15) is 79.0 Å². The second kappa shape index (κ2) is 6.90. The van der Waals surface area contributed by atoms with Crippen molar-refractivity contribution in [1.82, 2.24) is 0 Å². The fourth-order valence-electron chi connectivity index (χ4n) is 2.72. The molecule has 1 rings (SSSR count). The lowest BCUT2D eigenvalue weighted by Crippen LogP contribution is -2.44. The van der Waals surface area contributed by atoms with Crippen molar-refractivity contribution >= 4 is 0 Å². The molecular formula is C21H39N3O. The molecule has 3 unspecified atom stereocenters. The molecule has 4 nitrogen and oxygen atoms in total. The van der Waals surface area contributed by atoms with Gasteiger partial charge in [-0.05, 0) is 56.2 Å². The lowest BCUT2D eigenvalue weighted by atomic mass is 9.72. The number of rotatable bonds is 6. The smallest absolute Gasteiger partial charge is 0.125 e. The fourth-order valence-corrected chi connectivity index (χ4v) is 2.72. The van der Waals surface area contributed by atoms with E-state index in [2.05, 4.69) is 41.5 Å². The maximum atomic E-state index is 11.1. The fraction of sp³-hybridized carbons (Fsp3) is 0.714. The highest BCUT2D eigenvalue weighted by atomic mass is 16.3. The van der Waals surface area contributed by atoms with Crippen LogP contribution in [0.4, 0.5) is 0 Å². The van der Waals surface area contributed by atoms with Crippen molar-refractivity contribution in [2.75, 3.05) is 0 Å². The maximum absolute atomic E-state index is 11.1. The average molecular weight is 350 g/mol. The quantitative estimate of drug-likeness (QED) is 0.626. The highest BCUT2D eigenvalue weighted by Gasteiger charge is 2.37. The molecule has 1 aromatic rings. The zero-order valence-electron chi connectivity index (χ0n) is 17.6. The lowest BCUT2D eigenvalue weighted by molar-refractivity contribution is 0.304. The normalized spacial score (nSPS) is 19.8. The van der Waals surface area contributed by atoms with Gasteiger partial charge >= 0.3 is 0 Å². The Bertz CT molecular complexity index is 573. The molecule has 144 valence electrons. The van der Waals surface area contributed by atoms with E-state index in [1.54, 1.807) is 0 Å². The summed E-state index contributed by atoms with van der Waals surface area (Å²) in [6.45, 7) is 18.3. The van der Waals surface area contributed by atoms with Crippen molar-refractivity contribution in [1.29, 1.82) is 0 Å². The monoisotopic (exact) mass is 349 g/mol. The van der Waals surface area contributed by atoms with Gasteiger partial charge in [0.05, 0.1) is 0 Å². The third kappa shape index (κ3) is 3.86. The molecule has 0 aliphatic carbocycles. The molecule has 25 heavy (non-hydrogen) atoms. The second-order valence-corrected chi connectivity index (χ2v) is 9.23. The van der Waals surface area contributed by atoms with Crippen LogP contribution in [0.15, 0.2) is 12.1 Å². The molecule has 0 aromatic heterocycles. The van der Waals surface area contributed by atoms with Crippen LogP contribution >= 0.6 is 0 Å². The van der Waals surface area contributed by atoms with Gasteiger partial charge < -0.3 is 22.3 Å². The van der Waals surface area contributed by atoms with E-state index in [0.717, 1.165) is 5.56 Å². The average Bonchev–Trinajstić information content (AvgIpc) is 2.46. The number of nitrogens with two attached hydrogens (primary N) is 3. The summed E-state index contributed by atoms with van der Waals surface area (Å²) in [7, 11) is 0. The Labute approximate surface area is 154 Å². The van der Waals surface area contributed by atoms with E-state index in [1.807, 2.05) is 32.9 Å². The van der Waals surface area contributed by atoms with E-state index in [1.165, 1.54) is 0 Å². The summed E-state index contributed by atoms with van der Waals surface area (Å²) in [4.78, 5) is 0. The van der Waals surface area contributed by atoms with Crippen LogP contribution in [-0.2, 0) is 16.6 Å². The molecule has 0 saturated heterocycles. The molecule has 0 fully saturated rings. The Balaban J connectivity index is 3.87. The summed E-state index contributed by atoms with van der Waals surface area (Å²) in [5, 5.41) is 11.1. The third-order valence-corrected chi connectivity index (χ3v) is 6.49. The van der Waals surface area contributed by atoms with E-state index < -0.39 is 16.6 Å². The Hall–Kier alpha value is -1.10. The van der Waals surface area contributed by atoms with Gasteiger partial charge in [0.25, 0.3) is 0 Å². The molecule has 0 bridgehead atoms. The second-order valence-electron chi connectivity index (χ2n) is 9.23. The number of hydrogen-bond donors (Lipinski definition) is 4. The van der Waals surface area contributed by atoms with Crippen LogP contribution in [-0.4, -0.2) is 5.11 Å². The first-order valence-corrected chi connectivity index (χ1v) is 9.32. The summed E-state index contributed by atoms with van der Waals surface area (Å²) < 4.78 is 0. The summed E-state index contributed by atoms with van der Waals surface area (Å²) in [6, 6.07) is 3.94. The van der Waals surface area contributed by atoms with Crippen molar-refractivity contribution in [2.24, 2.45) is 35.0 Å². The van der Waals surface area contributed by atoms with Crippen molar-refractivity contribution in [3.8, 4) is 5.75 Å². The molecule has 0 saturated carbocycles. The number of phenols is 1. The van der Waals surface area contributed by atoms with Gasteiger partial charge in [-0.2, -0.15) is 0 Å². The molecular weight excluding hydrogens is 310 g/mol. The Morgan fingerprint density at radius 1 is 0.680 bits per heavy atom. The first kappa shape index (κ1) is 21.9. The molecule has 4 heteroatoms. The van der Waals surface area contributed by atoms with Gasteiger partial charge in [-0.15, -0.1) is 0 Å². The zero-order valence-corrected chi connectivity index (χ0v) is 17.6. The summed E-state index contributed by atoms with van der Waals surface area (Å²) >= 11 is 0. The van der Waals surface area contributed by atoms with E-state index in [4.69, 9.17) is 17.2 Å². The summed E-state index contributed by atoms with van der Waals surface area (Å²) in [6.07, 6.45) is 0. The molecule has 3 atom stereocenters. The summed E-state index contributed by atoms with van der Waals surface area (Å²) in [5.41, 5.74) is 20.3. The molecule has 7 N–H and O–H groups in total. The van der Waals surface area contributed by atoms with Crippen LogP contribution in [0, 0.1) is 17.8 Å². The Morgan fingerprint density at radius 2 is 0.960 bits per heavy atom. The molecule has 0 aliphatic rings. The predicted molar refractivity (Wildman–Crippen MR) is 107 cm³/mol. The first-order chi connectivity index (χ1) is 11.1. The van der Waals surface area contributed by atoms with Gasteiger partial charge in [-0.25, -0.2) is 0 Å². The van der Waals surface area contributed by atoms with Gasteiger partial charge in [-0.1, -0.05) is 41.5 Å². The maximum Gasteiger partial charge on any atom is 0.125 e. The molecule has 0 radical (unpaired) electrons. The van der Waals surface area contributed by atoms with Gasteiger partial charge in [0.1, 0.15) is 5.75 Å².